The van der Waals surface area contributed by atoms with Crippen LogP contribution in [0.5, 0.6) is 0 Å². The van der Waals surface area contributed by atoms with Crippen molar-refractivity contribution in [2.75, 3.05) is 30.4 Å². The van der Waals surface area contributed by atoms with Gasteiger partial charge in [-0.05, 0) is 67.3 Å². The smallest absolute Gasteiger partial charge is 0.393 e. The zero-order valence-electron chi connectivity index (χ0n) is 23.7. The number of likely N-dealkylation sites (tertiary alicyclic amines) is 1. The Morgan fingerprint density at radius 1 is 1.12 bits per heavy atom. The van der Waals surface area contributed by atoms with Crippen molar-refractivity contribution in [1.82, 2.24) is 19.9 Å². The van der Waals surface area contributed by atoms with Crippen LogP contribution < -0.4 is 10.2 Å². The summed E-state index contributed by atoms with van der Waals surface area (Å²) in [5, 5.41) is 13.6. The molecule has 0 radical (unpaired) electrons. The second-order valence-corrected chi connectivity index (χ2v) is 11.3. The molecule has 0 spiro atoms. The monoisotopic (exact) mass is 590 g/mol. The minimum Gasteiger partial charge on any atom is -0.393 e. The third kappa shape index (κ3) is 7.10. The second kappa shape index (κ2) is 12.9. The quantitative estimate of drug-likeness (QED) is 0.326. The summed E-state index contributed by atoms with van der Waals surface area (Å²) >= 11 is 0. The zero-order valence-corrected chi connectivity index (χ0v) is 24.5. The van der Waals surface area contributed by atoms with Crippen molar-refractivity contribution in [3.63, 3.8) is 0 Å². The Morgan fingerprint density at radius 3 is 2.68 bits per heavy atom. The van der Waals surface area contributed by atoms with Crippen LogP contribution in [0.15, 0.2) is 42.7 Å². The van der Waals surface area contributed by atoms with E-state index >= 15 is 0 Å². The number of pyridine rings is 1. The van der Waals surface area contributed by atoms with Gasteiger partial charge in [0.1, 0.15) is 23.7 Å². The number of hydrogen-bond donors (Lipinski definition) is 2. The molecule has 41 heavy (non-hydrogen) atoms. The molecule has 5 rings (SSSR count). The van der Waals surface area contributed by atoms with Crippen LogP contribution in [0.3, 0.4) is 0 Å². The number of fused-ring (bicyclic) bond motifs is 1. The summed E-state index contributed by atoms with van der Waals surface area (Å²) in [6, 6.07) is 10.2. The van der Waals surface area contributed by atoms with E-state index in [1.165, 1.54) is 18.0 Å². The summed E-state index contributed by atoms with van der Waals surface area (Å²) in [4.78, 5) is 17.2. The van der Waals surface area contributed by atoms with Gasteiger partial charge in [0, 0.05) is 43.9 Å². The number of aryl methyl sites for hydroxylation is 1. The van der Waals surface area contributed by atoms with Crippen LogP contribution in [0, 0.1) is 5.92 Å². The van der Waals surface area contributed by atoms with Gasteiger partial charge in [0.2, 0.25) is 0 Å². The maximum absolute atomic E-state index is 13.8. The van der Waals surface area contributed by atoms with Crippen molar-refractivity contribution in [3.05, 3.63) is 59.5 Å². The first-order valence-electron chi connectivity index (χ1n) is 14.0. The molecule has 2 atom stereocenters. The van der Waals surface area contributed by atoms with Gasteiger partial charge in [-0.2, -0.15) is 13.2 Å². The molecule has 1 fully saturated rings. The number of aromatic nitrogens is 3. The van der Waals surface area contributed by atoms with Gasteiger partial charge in [0.05, 0.1) is 18.0 Å². The maximum Gasteiger partial charge on any atom is 0.433 e. The summed E-state index contributed by atoms with van der Waals surface area (Å²) in [5.41, 5.74) is 3.18. The molecule has 0 saturated carbocycles. The van der Waals surface area contributed by atoms with Crippen molar-refractivity contribution in [1.29, 1.82) is 0 Å². The Kier molecular flexibility index (Phi) is 9.77. The van der Waals surface area contributed by atoms with E-state index in [2.05, 4.69) is 45.1 Å². The molecule has 1 aromatic carbocycles. The Morgan fingerprint density at radius 2 is 1.93 bits per heavy atom. The van der Waals surface area contributed by atoms with E-state index in [1.54, 1.807) is 6.07 Å². The van der Waals surface area contributed by atoms with Crippen LogP contribution in [-0.2, 0) is 19.0 Å². The molecule has 1 aliphatic carbocycles. The van der Waals surface area contributed by atoms with Crippen LogP contribution in [0.4, 0.5) is 30.5 Å². The van der Waals surface area contributed by atoms with Gasteiger partial charge in [0.15, 0.2) is 0 Å². The number of nitrogens with one attached hydrogen (secondary N) is 1. The number of alkyl halides is 3. The van der Waals surface area contributed by atoms with Crippen molar-refractivity contribution in [3.8, 4) is 11.3 Å². The second-order valence-electron chi connectivity index (χ2n) is 11.3. The summed E-state index contributed by atoms with van der Waals surface area (Å²) in [5.74, 6) is 1.20. The lowest BCUT2D eigenvalue weighted by Crippen LogP contribution is -2.51. The number of aliphatic hydroxyl groups is 1. The Bertz CT molecular complexity index is 1340. The third-order valence-electron chi connectivity index (χ3n) is 7.79. The van der Waals surface area contributed by atoms with Crippen LogP contribution >= 0.6 is 12.4 Å². The Labute approximate surface area is 245 Å². The van der Waals surface area contributed by atoms with Gasteiger partial charge in [-0.15, -0.1) is 12.4 Å². The lowest BCUT2D eigenvalue weighted by molar-refractivity contribution is -0.141. The van der Waals surface area contributed by atoms with E-state index in [0.29, 0.717) is 29.4 Å². The molecule has 3 heterocycles. The van der Waals surface area contributed by atoms with E-state index in [4.69, 9.17) is 0 Å². The first kappa shape index (κ1) is 31.0. The van der Waals surface area contributed by atoms with E-state index in [1.807, 2.05) is 24.1 Å². The standard InChI is InChI=1S/C30H37F3N6O.ClH/c1-19(2)17-39-14-5-4-9-28(39)38(3)29-22(12-13-26(37-29)30(31,32)33)25-16-27(35-18-34-25)36-24-8-6-7-20-10-11-21(40)15-23(20)24;/h6-8,12-13,16,18-19,21,28,40H,4-5,9-11,14-15,17H2,1-3H3,(H,34,35,36);1H. The molecule has 11 heteroatoms. The van der Waals surface area contributed by atoms with Crippen LogP contribution in [0.1, 0.15) is 56.4 Å². The SMILES string of the molecule is CC(C)CN1CCCCC1N(C)c1nc(C(F)(F)F)ccc1-c1cc(Nc2cccc3c2CC(O)CC3)ncn1.Cl. The van der Waals surface area contributed by atoms with E-state index < -0.39 is 11.9 Å². The molecule has 1 aliphatic heterocycles. The molecule has 222 valence electrons. The molecule has 2 aliphatic rings. The van der Waals surface area contributed by atoms with Gasteiger partial charge in [-0.25, -0.2) is 15.0 Å². The molecular weight excluding hydrogens is 553 g/mol. The number of anilines is 3. The molecule has 0 amide bonds. The van der Waals surface area contributed by atoms with Crippen LogP contribution in [-0.4, -0.2) is 57.4 Å². The van der Waals surface area contributed by atoms with Crippen LogP contribution in [0.25, 0.3) is 11.3 Å². The lowest BCUT2D eigenvalue weighted by atomic mass is 9.88. The minimum atomic E-state index is -4.56. The van der Waals surface area contributed by atoms with Crippen molar-refractivity contribution >= 4 is 29.7 Å². The topological polar surface area (TPSA) is 77.4 Å². The molecule has 0 bridgehead atoms. The Balaban J connectivity index is 0.00000387. The fourth-order valence-corrected chi connectivity index (χ4v) is 5.91. The fourth-order valence-electron chi connectivity index (χ4n) is 5.91. The number of halogens is 4. The minimum absolute atomic E-state index is 0. The predicted molar refractivity (Wildman–Crippen MR) is 158 cm³/mol. The van der Waals surface area contributed by atoms with Gasteiger partial charge >= 0.3 is 6.18 Å². The number of aliphatic hydroxyl groups excluding tert-OH is 1. The summed E-state index contributed by atoms with van der Waals surface area (Å²) in [6.07, 6.45) is 1.43. The first-order chi connectivity index (χ1) is 19.1. The third-order valence-corrected chi connectivity index (χ3v) is 7.79. The van der Waals surface area contributed by atoms with Crippen molar-refractivity contribution < 1.29 is 18.3 Å². The highest BCUT2D eigenvalue weighted by Gasteiger charge is 2.35. The Hall–Kier alpha value is -2.95. The molecule has 7 nitrogen and oxygen atoms in total. The molecule has 2 unspecified atom stereocenters. The van der Waals surface area contributed by atoms with E-state index in [-0.39, 0.29) is 30.5 Å². The first-order valence-corrected chi connectivity index (χ1v) is 14.0. The normalized spacial score (nSPS) is 19.4. The highest BCUT2D eigenvalue weighted by molar-refractivity contribution is 5.85. The van der Waals surface area contributed by atoms with Gasteiger partial charge in [0.25, 0.3) is 0 Å². The van der Waals surface area contributed by atoms with Gasteiger partial charge in [-0.3, -0.25) is 4.90 Å². The largest absolute Gasteiger partial charge is 0.433 e. The lowest BCUT2D eigenvalue weighted by Gasteiger charge is -2.42. The van der Waals surface area contributed by atoms with Crippen molar-refractivity contribution in [2.24, 2.45) is 5.92 Å². The average Bonchev–Trinajstić information content (AvgIpc) is 2.92. The van der Waals surface area contributed by atoms with E-state index in [0.717, 1.165) is 62.5 Å². The molecular formula is C30H38ClF3N6O. The molecule has 1 saturated heterocycles. The zero-order chi connectivity index (χ0) is 28.4. The number of rotatable bonds is 7. The van der Waals surface area contributed by atoms with E-state index in [9.17, 15) is 18.3 Å². The highest BCUT2D eigenvalue weighted by atomic mass is 35.5. The molecule has 2 N–H and O–H groups in total. The number of benzene rings is 1. The van der Waals surface area contributed by atoms with Gasteiger partial charge < -0.3 is 15.3 Å². The number of hydrogen-bond acceptors (Lipinski definition) is 7. The summed E-state index contributed by atoms with van der Waals surface area (Å²) in [6.45, 7) is 6.07. The summed E-state index contributed by atoms with van der Waals surface area (Å²) < 4.78 is 41.4. The molecule has 2 aromatic heterocycles. The number of nitrogens with zero attached hydrogens (tertiary/aromatic N) is 5. The highest BCUT2D eigenvalue weighted by Crippen LogP contribution is 2.37. The average molecular weight is 591 g/mol. The predicted octanol–water partition coefficient (Wildman–Crippen LogP) is 6.48. The van der Waals surface area contributed by atoms with Crippen molar-refractivity contribution in [2.45, 2.75) is 70.8 Å². The summed E-state index contributed by atoms with van der Waals surface area (Å²) in [7, 11) is 1.83. The van der Waals surface area contributed by atoms with Gasteiger partial charge in [-0.1, -0.05) is 26.0 Å². The fraction of sp³-hybridized carbons (Fsp3) is 0.500. The maximum atomic E-state index is 13.8. The molecule has 3 aromatic rings. The van der Waals surface area contributed by atoms with Crippen LogP contribution in [0.2, 0.25) is 0 Å². The number of piperidine rings is 1.